The topological polar surface area (TPSA) is 109 Å². The minimum absolute atomic E-state index is 0.0365. The average molecular weight is 503 g/mol. The summed E-state index contributed by atoms with van der Waals surface area (Å²) >= 11 is 6.00. The Labute approximate surface area is 213 Å². The first kappa shape index (κ1) is 23.7. The number of rotatable bonds is 7. The largest absolute Gasteiger partial charge is 0.493 e. The van der Waals surface area contributed by atoms with Gasteiger partial charge in [-0.2, -0.15) is 5.26 Å². The molecule has 1 saturated carbocycles. The van der Waals surface area contributed by atoms with Gasteiger partial charge in [0.25, 0.3) is 5.91 Å². The normalized spacial score (nSPS) is 17.2. The molecule has 8 heteroatoms. The summed E-state index contributed by atoms with van der Waals surface area (Å²) in [5.74, 6) is -0.754. The van der Waals surface area contributed by atoms with E-state index >= 15 is 0 Å². The SMILES string of the molecule is N#Cc1cc2c(cc1Oc1ccc(C(=O)NCC3(c4ccc(Cl)cc4)CC3)cc1)OCCC2C(=O)O. The van der Waals surface area contributed by atoms with E-state index in [0.29, 0.717) is 40.6 Å². The van der Waals surface area contributed by atoms with Crippen LogP contribution in [0.5, 0.6) is 17.2 Å². The third-order valence-corrected chi connectivity index (χ3v) is 7.06. The summed E-state index contributed by atoms with van der Waals surface area (Å²) in [5, 5.41) is 22.8. The molecule has 1 aliphatic carbocycles. The van der Waals surface area contributed by atoms with Gasteiger partial charge < -0.3 is 19.9 Å². The number of benzene rings is 3. The standard InChI is InChI=1S/C28H23ClN2O5/c29-20-5-3-19(4-6-20)28(10-11-28)16-31-26(32)17-1-7-21(8-2-17)36-24-14-25-23(13-18(24)15-30)22(27(33)34)9-12-35-25/h1-8,13-14,22H,9-12,16H2,(H,31,32)(H,33,34). The predicted molar refractivity (Wildman–Crippen MR) is 133 cm³/mol. The highest BCUT2D eigenvalue weighted by molar-refractivity contribution is 6.30. The molecule has 0 radical (unpaired) electrons. The van der Waals surface area contributed by atoms with Crippen LogP contribution < -0.4 is 14.8 Å². The Morgan fingerprint density at radius 3 is 2.50 bits per heavy atom. The Hall–Kier alpha value is -4.02. The van der Waals surface area contributed by atoms with Crippen LogP contribution in [-0.4, -0.2) is 30.1 Å². The van der Waals surface area contributed by atoms with E-state index in [2.05, 4.69) is 11.4 Å². The van der Waals surface area contributed by atoms with Crippen molar-refractivity contribution >= 4 is 23.5 Å². The van der Waals surface area contributed by atoms with E-state index in [0.717, 1.165) is 12.8 Å². The van der Waals surface area contributed by atoms with E-state index < -0.39 is 11.9 Å². The molecule has 0 aromatic heterocycles. The van der Waals surface area contributed by atoms with E-state index in [-0.39, 0.29) is 29.2 Å². The number of fused-ring (bicyclic) bond motifs is 1. The number of hydrogen-bond donors (Lipinski definition) is 2. The Morgan fingerprint density at radius 2 is 1.86 bits per heavy atom. The molecule has 0 spiro atoms. The molecular weight excluding hydrogens is 480 g/mol. The van der Waals surface area contributed by atoms with Crippen LogP contribution in [0.4, 0.5) is 0 Å². The molecule has 1 aliphatic heterocycles. The monoisotopic (exact) mass is 502 g/mol. The van der Waals surface area contributed by atoms with Crippen LogP contribution in [0.25, 0.3) is 0 Å². The molecule has 1 amide bonds. The van der Waals surface area contributed by atoms with Crippen LogP contribution in [0.3, 0.4) is 0 Å². The van der Waals surface area contributed by atoms with E-state index in [1.807, 2.05) is 24.3 Å². The van der Waals surface area contributed by atoms with Gasteiger partial charge in [0, 0.05) is 34.2 Å². The van der Waals surface area contributed by atoms with Gasteiger partial charge in [-0.25, -0.2) is 0 Å². The molecule has 182 valence electrons. The average Bonchev–Trinajstić information content (AvgIpc) is 3.68. The minimum atomic E-state index is -0.952. The number of carbonyl (C=O) groups is 2. The molecular formula is C28H23ClN2O5. The summed E-state index contributed by atoms with van der Waals surface area (Å²) in [5.41, 5.74) is 2.31. The smallest absolute Gasteiger partial charge is 0.311 e. The maximum atomic E-state index is 12.7. The lowest BCUT2D eigenvalue weighted by atomic mass is 9.91. The lowest BCUT2D eigenvalue weighted by Crippen LogP contribution is -2.32. The maximum absolute atomic E-state index is 12.7. The van der Waals surface area contributed by atoms with Crippen LogP contribution >= 0.6 is 11.6 Å². The van der Waals surface area contributed by atoms with Gasteiger partial charge in [-0.3, -0.25) is 9.59 Å². The third kappa shape index (κ3) is 4.73. The molecule has 0 bridgehead atoms. The maximum Gasteiger partial charge on any atom is 0.311 e. The van der Waals surface area contributed by atoms with Crippen molar-refractivity contribution in [3.05, 3.63) is 87.9 Å². The molecule has 2 N–H and O–H groups in total. The summed E-state index contributed by atoms with van der Waals surface area (Å²) in [7, 11) is 0. The molecule has 2 aliphatic rings. The molecule has 1 fully saturated rings. The number of hydrogen-bond acceptors (Lipinski definition) is 5. The van der Waals surface area contributed by atoms with Gasteiger partial charge in [0.15, 0.2) is 0 Å². The van der Waals surface area contributed by atoms with E-state index in [4.69, 9.17) is 21.1 Å². The molecule has 1 heterocycles. The van der Waals surface area contributed by atoms with Crippen molar-refractivity contribution < 1.29 is 24.2 Å². The van der Waals surface area contributed by atoms with E-state index in [9.17, 15) is 20.0 Å². The second-order valence-electron chi connectivity index (χ2n) is 9.12. The van der Waals surface area contributed by atoms with Gasteiger partial charge in [-0.1, -0.05) is 23.7 Å². The van der Waals surface area contributed by atoms with Gasteiger partial charge in [0.1, 0.15) is 23.3 Å². The van der Waals surface area contributed by atoms with Gasteiger partial charge in [-0.05, 0) is 67.3 Å². The Kier molecular flexibility index (Phi) is 6.29. The molecule has 5 rings (SSSR count). The second kappa shape index (κ2) is 9.56. The second-order valence-corrected chi connectivity index (χ2v) is 9.56. The molecule has 0 saturated heterocycles. The zero-order chi connectivity index (χ0) is 25.3. The molecule has 1 atom stereocenters. The third-order valence-electron chi connectivity index (χ3n) is 6.81. The lowest BCUT2D eigenvalue weighted by Gasteiger charge is -2.24. The zero-order valence-electron chi connectivity index (χ0n) is 19.3. The summed E-state index contributed by atoms with van der Waals surface area (Å²) < 4.78 is 11.5. The van der Waals surface area contributed by atoms with Crippen molar-refractivity contribution in [3.8, 4) is 23.3 Å². The predicted octanol–water partition coefficient (Wildman–Crippen LogP) is 5.42. The van der Waals surface area contributed by atoms with Crippen LogP contribution in [0.1, 0.15) is 52.2 Å². The van der Waals surface area contributed by atoms with Crippen molar-refractivity contribution in [2.45, 2.75) is 30.6 Å². The molecule has 7 nitrogen and oxygen atoms in total. The van der Waals surface area contributed by atoms with Crippen molar-refractivity contribution in [3.63, 3.8) is 0 Å². The first-order valence-corrected chi connectivity index (χ1v) is 12.0. The van der Waals surface area contributed by atoms with Gasteiger partial charge in [0.05, 0.1) is 18.1 Å². The van der Waals surface area contributed by atoms with Crippen molar-refractivity contribution in [1.29, 1.82) is 5.26 Å². The van der Waals surface area contributed by atoms with E-state index in [1.54, 1.807) is 30.3 Å². The number of carboxylic acid groups (broad SMARTS) is 1. The number of carboxylic acids is 1. The van der Waals surface area contributed by atoms with Crippen LogP contribution in [0.15, 0.2) is 60.7 Å². The van der Waals surface area contributed by atoms with Gasteiger partial charge in [0.2, 0.25) is 0 Å². The number of aliphatic carboxylic acids is 1. The molecule has 3 aromatic carbocycles. The fourth-order valence-corrected chi connectivity index (χ4v) is 4.65. The first-order valence-electron chi connectivity index (χ1n) is 11.6. The van der Waals surface area contributed by atoms with Gasteiger partial charge in [-0.15, -0.1) is 0 Å². The number of ether oxygens (including phenoxy) is 2. The molecule has 1 unspecified atom stereocenters. The number of nitrogens with one attached hydrogen (secondary N) is 1. The fourth-order valence-electron chi connectivity index (χ4n) is 4.52. The number of nitrogens with zero attached hydrogens (tertiary/aromatic N) is 1. The quantitative estimate of drug-likeness (QED) is 0.446. The lowest BCUT2D eigenvalue weighted by molar-refractivity contribution is -0.139. The highest BCUT2D eigenvalue weighted by atomic mass is 35.5. The molecule has 3 aromatic rings. The first-order chi connectivity index (χ1) is 17.4. The van der Waals surface area contributed by atoms with Crippen molar-refractivity contribution in [1.82, 2.24) is 5.32 Å². The highest BCUT2D eigenvalue weighted by Crippen LogP contribution is 2.48. The Morgan fingerprint density at radius 1 is 1.14 bits per heavy atom. The van der Waals surface area contributed by atoms with Crippen molar-refractivity contribution in [2.75, 3.05) is 13.2 Å². The van der Waals surface area contributed by atoms with Crippen LogP contribution in [0, 0.1) is 11.3 Å². The summed E-state index contributed by atoms with van der Waals surface area (Å²) in [6.07, 6.45) is 2.37. The highest BCUT2D eigenvalue weighted by Gasteiger charge is 2.44. The van der Waals surface area contributed by atoms with E-state index in [1.165, 1.54) is 11.6 Å². The summed E-state index contributed by atoms with van der Waals surface area (Å²) in [6, 6.07) is 19.5. The summed E-state index contributed by atoms with van der Waals surface area (Å²) in [6.45, 7) is 0.822. The number of nitriles is 1. The van der Waals surface area contributed by atoms with Crippen LogP contribution in [-0.2, 0) is 10.2 Å². The number of halogens is 1. The number of amides is 1. The van der Waals surface area contributed by atoms with Crippen molar-refractivity contribution in [2.24, 2.45) is 0 Å². The van der Waals surface area contributed by atoms with Crippen LogP contribution in [0.2, 0.25) is 5.02 Å². The number of carbonyl (C=O) groups excluding carboxylic acids is 1. The minimum Gasteiger partial charge on any atom is -0.493 e. The zero-order valence-corrected chi connectivity index (χ0v) is 20.0. The Bertz CT molecular complexity index is 1360. The summed E-state index contributed by atoms with van der Waals surface area (Å²) in [4.78, 5) is 24.3. The Balaban J connectivity index is 1.26. The fraction of sp³-hybridized carbons (Fsp3) is 0.250. The molecule has 36 heavy (non-hydrogen) atoms. The van der Waals surface area contributed by atoms with Gasteiger partial charge >= 0.3 is 5.97 Å².